The normalized spacial score (nSPS) is 11.5. The van der Waals surface area contributed by atoms with E-state index < -0.39 is 10.0 Å². The topological polar surface area (TPSA) is 111 Å². The van der Waals surface area contributed by atoms with E-state index in [1.165, 1.54) is 18.5 Å². The van der Waals surface area contributed by atoms with E-state index in [1.807, 2.05) is 12.1 Å². The zero-order chi connectivity index (χ0) is 16.3. The van der Waals surface area contributed by atoms with Crippen LogP contribution in [-0.2, 0) is 16.4 Å². The highest BCUT2D eigenvalue weighted by atomic mass is 32.2. The van der Waals surface area contributed by atoms with Gasteiger partial charge in [0, 0.05) is 12.7 Å². The summed E-state index contributed by atoms with van der Waals surface area (Å²) in [4.78, 5) is 12.6. The van der Waals surface area contributed by atoms with Crippen LogP contribution in [0.1, 0.15) is 5.56 Å². The number of rotatable bonds is 5. The Morgan fingerprint density at radius 2 is 1.83 bits per heavy atom. The summed E-state index contributed by atoms with van der Waals surface area (Å²) in [6.45, 7) is 0.649. The average Bonchev–Trinajstić information content (AvgIpc) is 2.55. The van der Waals surface area contributed by atoms with E-state index in [1.54, 1.807) is 18.3 Å². The van der Waals surface area contributed by atoms with Crippen LogP contribution in [0, 0.1) is 0 Å². The summed E-state index contributed by atoms with van der Waals surface area (Å²) in [5, 5.41) is 9.18. The van der Waals surface area contributed by atoms with Crippen molar-refractivity contribution in [3.8, 4) is 0 Å². The number of nitrogens with one attached hydrogen (secondary N) is 1. The maximum atomic E-state index is 11.2. The van der Waals surface area contributed by atoms with E-state index in [0.717, 1.165) is 23.2 Å². The van der Waals surface area contributed by atoms with E-state index in [-0.39, 0.29) is 4.90 Å². The molecule has 1 aromatic carbocycles. The third-order valence-electron chi connectivity index (χ3n) is 3.37. The van der Waals surface area contributed by atoms with Gasteiger partial charge in [-0.15, -0.1) is 0 Å². The minimum atomic E-state index is -3.65. The fourth-order valence-electron chi connectivity index (χ4n) is 2.21. The number of nitrogens with two attached hydrogens (primary N) is 1. The van der Waals surface area contributed by atoms with Crippen LogP contribution >= 0.6 is 0 Å². The molecule has 0 spiro atoms. The van der Waals surface area contributed by atoms with Gasteiger partial charge in [-0.05, 0) is 36.2 Å². The Balaban J connectivity index is 1.67. The van der Waals surface area contributed by atoms with Gasteiger partial charge in [-0.1, -0.05) is 12.1 Å². The quantitative estimate of drug-likeness (QED) is 0.730. The van der Waals surface area contributed by atoms with Gasteiger partial charge in [0.2, 0.25) is 10.0 Å². The number of fused-ring (bicyclic) bond motifs is 1. The van der Waals surface area contributed by atoms with Gasteiger partial charge in [0.25, 0.3) is 0 Å². The molecule has 23 heavy (non-hydrogen) atoms. The van der Waals surface area contributed by atoms with Crippen molar-refractivity contribution in [3.63, 3.8) is 0 Å². The molecule has 0 unspecified atom stereocenters. The number of primary sulfonamides is 1. The van der Waals surface area contributed by atoms with Crippen molar-refractivity contribution in [2.24, 2.45) is 5.14 Å². The highest BCUT2D eigenvalue weighted by molar-refractivity contribution is 7.89. The predicted molar refractivity (Wildman–Crippen MR) is 87.3 cm³/mol. The molecule has 8 heteroatoms. The summed E-state index contributed by atoms with van der Waals surface area (Å²) in [6, 6.07) is 10.3. The summed E-state index contributed by atoms with van der Waals surface area (Å²) in [5.74, 6) is 0.726. The molecule has 0 fully saturated rings. The second kappa shape index (κ2) is 6.27. The Labute approximate surface area is 133 Å². The fourth-order valence-corrected chi connectivity index (χ4v) is 2.72. The van der Waals surface area contributed by atoms with E-state index in [4.69, 9.17) is 5.14 Å². The first-order valence-corrected chi connectivity index (χ1v) is 8.50. The summed E-state index contributed by atoms with van der Waals surface area (Å²) in [6.07, 6.45) is 3.88. The molecule has 0 amide bonds. The van der Waals surface area contributed by atoms with Crippen molar-refractivity contribution >= 4 is 26.9 Å². The van der Waals surface area contributed by atoms with Crippen molar-refractivity contribution < 1.29 is 8.42 Å². The Hall–Kier alpha value is -2.58. The average molecular weight is 329 g/mol. The van der Waals surface area contributed by atoms with Crippen LogP contribution < -0.4 is 10.5 Å². The van der Waals surface area contributed by atoms with Crippen molar-refractivity contribution in [2.45, 2.75) is 11.3 Å². The van der Waals surface area contributed by atoms with Crippen molar-refractivity contribution in [3.05, 3.63) is 54.5 Å². The van der Waals surface area contributed by atoms with Crippen LogP contribution in [0.25, 0.3) is 11.0 Å². The second-order valence-electron chi connectivity index (χ2n) is 4.96. The monoisotopic (exact) mass is 329 g/mol. The van der Waals surface area contributed by atoms with E-state index in [2.05, 4.69) is 20.3 Å². The van der Waals surface area contributed by atoms with Crippen LogP contribution in [0.4, 0.5) is 5.82 Å². The molecule has 0 aliphatic rings. The number of aromatic nitrogens is 3. The van der Waals surface area contributed by atoms with Gasteiger partial charge in [0.15, 0.2) is 5.65 Å². The molecule has 0 saturated heterocycles. The molecule has 0 atom stereocenters. The lowest BCUT2D eigenvalue weighted by molar-refractivity contribution is 0.598. The molecular weight excluding hydrogens is 314 g/mol. The largest absolute Gasteiger partial charge is 0.369 e. The van der Waals surface area contributed by atoms with Crippen molar-refractivity contribution in [1.82, 2.24) is 15.0 Å². The Kier molecular flexibility index (Phi) is 4.18. The van der Waals surface area contributed by atoms with Crippen molar-refractivity contribution in [2.75, 3.05) is 11.9 Å². The van der Waals surface area contributed by atoms with Gasteiger partial charge in [-0.25, -0.2) is 28.5 Å². The molecule has 0 radical (unpaired) electrons. The highest BCUT2D eigenvalue weighted by Gasteiger charge is 2.07. The number of benzene rings is 1. The first-order valence-electron chi connectivity index (χ1n) is 6.95. The molecule has 118 valence electrons. The van der Waals surface area contributed by atoms with Gasteiger partial charge in [0.05, 0.1) is 10.3 Å². The lowest BCUT2D eigenvalue weighted by Gasteiger charge is -2.08. The molecule has 2 heterocycles. The minimum absolute atomic E-state index is 0.113. The lowest BCUT2D eigenvalue weighted by Crippen LogP contribution is -2.12. The molecule has 7 nitrogen and oxygen atoms in total. The summed E-state index contributed by atoms with van der Waals surface area (Å²) in [7, 11) is -3.65. The number of anilines is 1. The molecule has 0 bridgehead atoms. The number of sulfonamides is 1. The number of hydrogen-bond donors (Lipinski definition) is 2. The van der Waals surface area contributed by atoms with Crippen LogP contribution in [0.15, 0.2) is 53.8 Å². The van der Waals surface area contributed by atoms with E-state index in [0.29, 0.717) is 12.2 Å². The van der Waals surface area contributed by atoms with Gasteiger partial charge in [-0.2, -0.15) is 0 Å². The molecule has 0 saturated carbocycles. The summed E-state index contributed by atoms with van der Waals surface area (Å²) >= 11 is 0. The predicted octanol–water partition coefficient (Wildman–Crippen LogP) is 1.33. The zero-order valence-electron chi connectivity index (χ0n) is 12.2. The van der Waals surface area contributed by atoms with E-state index >= 15 is 0 Å². The molecule has 3 rings (SSSR count). The molecule has 0 aliphatic carbocycles. The van der Waals surface area contributed by atoms with Crippen LogP contribution in [-0.4, -0.2) is 29.9 Å². The Morgan fingerprint density at radius 3 is 2.57 bits per heavy atom. The molecule has 2 aromatic heterocycles. The van der Waals surface area contributed by atoms with E-state index in [9.17, 15) is 8.42 Å². The summed E-state index contributed by atoms with van der Waals surface area (Å²) in [5.41, 5.74) is 1.64. The molecular formula is C15H15N5O2S. The lowest BCUT2D eigenvalue weighted by atomic mass is 10.1. The molecule has 0 aliphatic heterocycles. The van der Waals surface area contributed by atoms with Crippen LogP contribution in [0.2, 0.25) is 0 Å². The fraction of sp³-hybridized carbons (Fsp3) is 0.133. The first kappa shape index (κ1) is 15.3. The Bertz CT molecular complexity index is 921. The maximum absolute atomic E-state index is 11.2. The molecule has 3 N–H and O–H groups in total. The van der Waals surface area contributed by atoms with Gasteiger partial charge >= 0.3 is 0 Å². The number of pyridine rings is 1. The molecule has 3 aromatic rings. The van der Waals surface area contributed by atoms with Crippen LogP contribution in [0.5, 0.6) is 0 Å². The third-order valence-corrected chi connectivity index (χ3v) is 4.30. The smallest absolute Gasteiger partial charge is 0.238 e. The van der Waals surface area contributed by atoms with Gasteiger partial charge < -0.3 is 5.32 Å². The van der Waals surface area contributed by atoms with Gasteiger partial charge in [-0.3, -0.25) is 0 Å². The first-order chi connectivity index (χ1) is 11.0. The SMILES string of the molecule is NS(=O)(=O)c1ccc(CCNc2ncnc3ncccc23)cc1. The van der Waals surface area contributed by atoms with Crippen LogP contribution in [0.3, 0.4) is 0 Å². The standard InChI is InChI=1S/C15H15N5O2S/c16-23(21,22)12-5-3-11(4-6-12)7-9-18-15-13-2-1-8-17-14(13)19-10-20-15/h1-6,8,10H,7,9H2,(H2,16,21,22)(H,17,18,19,20). The minimum Gasteiger partial charge on any atom is -0.369 e. The number of nitrogens with zero attached hydrogens (tertiary/aromatic N) is 3. The Morgan fingerprint density at radius 1 is 1.04 bits per heavy atom. The number of hydrogen-bond acceptors (Lipinski definition) is 6. The highest BCUT2D eigenvalue weighted by Crippen LogP contribution is 2.16. The van der Waals surface area contributed by atoms with Crippen molar-refractivity contribution in [1.29, 1.82) is 0 Å². The zero-order valence-corrected chi connectivity index (χ0v) is 13.0. The summed E-state index contributed by atoms with van der Waals surface area (Å²) < 4.78 is 22.4. The van der Waals surface area contributed by atoms with Gasteiger partial charge in [0.1, 0.15) is 12.1 Å². The maximum Gasteiger partial charge on any atom is 0.238 e. The second-order valence-corrected chi connectivity index (χ2v) is 6.52. The third kappa shape index (κ3) is 3.61.